The van der Waals surface area contributed by atoms with Gasteiger partial charge in [-0.15, -0.1) is 0 Å². The summed E-state index contributed by atoms with van der Waals surface area (Å²) in [5, 5.41) is 20.5. The van der Waals surface area contributed by atoms with Crippen LogP contribution in [-0.2, 0) is 9.53 Å². The summed E-state index contributed by atoms with van der Waals surface area (Å²) in [5.74, 6) is -0.628. The molecule has 3 aromatic rings. The van der Waals surface area contributed by atoms with Crippen LogP contribution >= 0.6 is 0 Å². The highest BCUT2D eigenvalue weighted by Gasteiger charge is 2.36. The number of rotatable bonds is 4. The number of carbonyl (C=O) groups excluding carboxylic acids is 1. The zero-order valence-corrected chi connectivity index (χ0v) is 16.0. The normalized spacial score (nSPS) is 14.8. The Morgan fingerprint density at radius 2 is 2.00 bits per heavy atom. The summed E-state index contributed by atoms with van der Waals surface area (Å²) in [4.78, 5) is 25.5. The van der Waals surface area contributed by atoms with Crippen LogP contribution in [0.2, 0.25) is 0 Å². The van der Waals surface area contributed by atoms with Gasteiger partial charge in [0.05, 0.1) is 10.9 Å². The van der Waals surface area contributed by atoms with Crippen LogP contribution < -0.4 is 10.2 Å². The Kier molecular flexibility index (Phi) is 4.66. The molecule has 0 bridgehead atoms. The number of esters is 1. The van der Waals surface area contributed by atoms with Gasteiger partial charge in [0.1, 0.15) is 11.3 Å². The number of ether oxygens (including phenoxy) is 2. The fraction of sp³-hybridized carbons (Fsp3) is 0.273. The Morgan fingerprint density at radius 1 is 1.21 bits per heavy atom. The van der Waals surface area contributed by atoms with Gasteiger partial charge in [-0.3, -0.25) is 9.59 Å². The molecule has 7 nitrogen and oxygen atoms in total. The van der Waals surface area contributed by atoms with E-state index < -0.39 is 12.3 Å². The lowest BCUT2D eigenvalue weighted by atomic mass is 9.97. The molecule has 0 amide bonds. The molecule has 0 aliphatic carbocycles. The van der Waals surface area contributed by atoms with E-state index in [1.807, 2.05) is 6.92 Å². The predicted molar refractivity (Wildman–Crippen MR) is 105 cm³/mol. The van der Waals surface area contributed by atoms with Crippen molar-refractivity contribution < 1.29 is 28.9 Å². The van der Waals surface area contributed by atoms with Crippen molar-refractivity contribution in [2.45, 2.75) is 39.4 Å². The topological polar surface area (TPSA) is 106 Å². The van der Waals surface area contributed by atoms with Crippen LogP contribution in [0.4, 0.5) is 0 Å². The fourth-order valence-electron chi connectivity index (χ4n) is 3.36. The van der Waals surface area contributed by atoms with E-state index in [4.69, 9.17) is 13.9 Å². The van der Waals surface area contributed by atoms with Gasteiger partial charge in [0.15, 0.2) is 17.3 Å². The van der Waals surface area contributed by atoms with E-state index in [1.54, 1.807) is 19.1 Å². The number of phenolic OH excluding ortho intramolecular Hbond substituents is 2. The summed E-state index contributed by atoms with van der Waals surface area (Å²) < 4.78 is 17.0. The molecule has 0 fully saturated rings. The van der Waals surface area contributed by atoms with E-state index in [0.29, 0.717) is 17.5 Å². The minimum absolute atomic E-state index is 0.0214. The zero-order valence-electron chi connectivity index (χ0n) is 16.0. The Balaban J connectivity index is 1.94. The fourth-order valence-corrected chi connectivity index (χ4v) is 3.36. The van der Waals surface area contributed by atoms with E-state index in [9.17, 15) is 19.8 Å². The molecule has 0 radical (unpaired) electrons. The number of unbranched alkanes of at least 4 members (excludes halogenated alkanes) is 1. The van der Waals surface area contributed by atoms with Crippen molar-refractivity contribution in [3.63, 3.8) is 0 Å². The Labute approximate surface area is 166 Å². The van der Waals surface area contributed by atoms with Crippen molar-refractivity contribution in [1.82, 2.24) is 0 Å². The first-order valence-corrected chi connectivity index (χ1v) is 9.39. The maximum atomic E-state index is 13.3. The van der Waals surface area contributed by atoms with Crippen LogP contribution in [0.15, 0.2) is 39.5 Å². The quantitative estimate of drug-likeness (QED) is 0.633. The van der Waals surface area contributed by atoms with Crippen LogP contribution in [0, 0.1) is 6.92 Å². The van der Waals surface area contributed by atoms with Gasteiger partial charge in [-0.2, -0.15) is 0 Å². The monoisotopic (exact) mass is 396 g/mol. The molecular weight excluding hydrogens is 376 g/mol. The standard InChI is InChI=1S/C22H20O7/c1-3-4-8-17(25)28-22-21-18(12-6-5-7-14(23)20(12)29-22)19(26)13-9-11(2)15(24)10-16(13)27-21/h5-7,9-10,22-24H,3-4,8H2,1-2H3/t22-/m0/s1. The van der Waals surface area contributed by atoms with Crippen LogP contribution in [0.25, 0.3) is 22.1 Å². The molecule has 29 heavy (non-hydrogen) atoms. The van der Waals surface area contributed by atoms with Gasteiger partial charge in [-0.05, 0) is 31.0 Å². The number of aromatic hydroxyl groups is 2. The van der Waals surface area contributed by atoms with E-state index >= 15 is 0 Å². The molecule has 0 saturated heterocycles. The van der Waals surface area contributed by atoms with Crippen LogP contribution in [0.5, 0.6) is 17.2 Å². The molecule has 2 aromatic carbocycles. The molecular formula is C22H20O7. The maximum absolute atomic E-state index is 13.3. The zero-order chi connectivity index (χ0) is 20.7. The summed E-state index contributed by atoms with van der Waals surface area (Å²) in [6.45, 7) is 3.63. The lowest BCUT2D eigenvalue weighted by Gasteiger charge is -2.27. The van der Waals surface area contributed by atoms with Gasteiger partial charge in [0, 0.05) is 18.1 Å². The van der Waals surface area contributed by atoms with Crippen molar-refractivity contribution in [1.29, 1.82) is 0 Å². The van der Waals surface area contributed by atoms with Crippen molar-refractivity contribution in [3.05, 3.63) is 51.9 Å². The van der Waals surface area contributed by atoms with Crippen molar-refractivity contribution in [3.8, 4) is 28.4 Å². The number of fused-ring (bicyclic) bond motifs is 4. The van der Waals surface area contributed by atoms with E-state index in [-0.39, 0.29) is 51.4 Å². The molecule has 1 aliphatic heterocycles. The van der Waals surface area contributed by atoms with Gasteiger partial charge in [0.25, 0.3) is 0 Å². The average Bonchev–Trinajstić information content (AvgIpc) is 2.69. The molecule has 1 aliphatic rings. The summed E-state index contributed by atoms with van der Waals surface area (Å²) in [6.07, 6.45) is 0.335. The van der Waals surface area contributed by atoms with Crippen molar-refractivity contribution >= 4 is 16.9 Å². The number of benzene rings is 2. The second kappa shape index (κ2) is 7.16. The number of hydrogen-bond acceptors (Lipinski definition) is 7. The van der Waals surface area contributed by atoms with Crippen LogP contribution in [0.1, 0.15) is 43.8 Å². The number of para-hydroxylation sites is 1. The minimum atomic E-state index is -1.32. The summed E-state index contributed by atoms with van der Waals surface area (Å²) in [6, 6.07) is 7.52. The van der Waals surface area contributed by atoms with E-state index in [2.05, 4.69) is 0 Å². The van der Waals surface area contributed by atoms with Gasteiger partial charge in [-0.25, -0.2) is 0 Å². The lowest BCUT2D eigenvalue weighted by molar-refractivity contribution is -0.168. The minimum Gasteiger partial charge on any atom is -0.508 e. The molecule has 1 aromatic heterocycles. The van der Waals surface area contributed by atoms with E-state index in [0.717, 1.165) is 6.42 Å². The largest absolute Gasteiger partial charge is 0.508 e. The third kappa shape index (κ3) is 3.18. The number of aryl methyl sites for hydroxylation is 1. The van der Waals surface area contributed by atoms with Crippen molar-refractivity contribution in [2.24, 2.45) is 0 Å². The molecule has 7 heteroatoms. The third-order valence-electron chi connectivity index (χ3n) is 4.91. The Morgan fingerprint density at radius 3 is 2.76 bits per heavy atom. The second-order valence-electron chi connectivity index (χ2n) is 7.00. The highest BCUT2D eigenvalue weighted by molar-refractivity contribution is 5.87. The lowest BCUT2D eigenvalue weighted by Crippen LogP contribution is -2.24. The van der Waals surface area contributed by atoms with E-state index in [1.165, 1.54) is 18.2 Å². The van der Waals surface area contributed by atoms with Gasteiger partial charge < -0.3 is 24.1 Å². The molecule has 0 unspecified atom stereocenters. The van der Waals surface area contributed by atoms with Gasteiger partial charge >= 0.3 is 12.3 Å². The Hall–Kier alpha value is -3.48. The smallest absolute Gasteiger partial charge is 0.309 e. The number of carbonyl (C=O) groups is 1. The molecule has 2 N–H and O–H groups in total. The molecule has 4 rings (SSSR count). The summed E-state index contributed by atoms with van der Waals surface area (Å²) in [7, 11) is 0. The average molecular weight is 396 g/mol. The highest BCUT2D eigenvalue weighted by Crippen LogP contribution is 2.46. The van der Waals surface area contributed by atoms with Crippen LogP contribution in [0.3, 0.4) is 0 Å². The van der Waals surface area contributed by atoms with Gasteiger partial charge in [0.2, 0.25) is 5.43 Å². The SMILES string of the molecule is CCCCC(=O)O[C@H]1Oc2c(O)cccc2-c2c1oc1cc(O)c(C)cc1c2=O. The first kappa shape index (κ1) is 18.9. The third-order valence-corrected chi connectivity index (χ3v) is 4.91. The first-order valence-electron chi connectivity index (χ1n) is 9.39. The maximum Gasteiger partial charge on any atom is 0.309 e. The molecule has 2 heterocycles. The molecule has 1 atom stereocenters. The van der Waals surface area contributed by atoms with Crippen molar-refractivity contribution in [2.75, 3.05) is 0 Å². The number of phenols is 2. The van der Waals surface area contributed by atoms with Gasteiger partial charge in [-0.1, -0.05) is 25.5 Å². The summed E-state index contributed by atoms with van der Waals surface area (Å²) >= 11 is 0. The molecule has 0 spiro atoms. The predicted octanol–water partition coefficient (Wildman–Crippen LogP) is 4.30. The first-order chi connectivity index (χ1) is 13.9. The second-order valence-corrected chi connectivity index (χ2v) is 7.00. The van der Waals surface area contributed by atoms with Crippen LogP contribution in [-0.4, -0.2) is 16.2 Å². The highest BCUT2D eigenvalue weighted by atomic mass is 16.7. The number of hydrogen-bond donors (Lipinski definition) is 2. The molecule has 150 valence electrons. The Bertz CT molecular complexity index is 1180. The molecule has 0 saturated carbocycles. The summed E-state index contributed by atoms with van der Waals surface area (Å²) in [5.41, 5.74) is 0.818.